The fourth-order valence-electron chi connectivity index (χ4n) is 2.98. The Morgan fingerprint density at radius 1 is 1.20 bits per heavy atom. The van der Waals surface area contributed by atoms with Gasteiger partial charge in [-0.1, -0.05) is 24.3 Å². The topological polar surface area (TPSA) is 78.4 Å². The van der Waals surface area contributed by atoms with Gasteiger partial charge in [0.15, 0.2) is 0 Å². The van der Waals surface area contributed by atoms with E-state index in [1.54, 1.807) is 6.20 Å². The molecule has 0 unspecified atom stereocenters. The van der Waals surface area contributed by atoms with E-state index in [0.717, 1.165) is 43.7 Å². The van der Waals surface area contributed by atoms with Gasteiger partial charge in [0, 0.05) is 32.4 Å². The second kappa shape index (κ2) is 8.18. The van der Waals surface area contributed by atoms with E-state index < -0.39 is 0 Å². The Balaban J connectivity index is 1.60. The van der Waals surface area contributed by atoms with Crippen LogP contribution in [0.1, 0.15) is 40.2 Å². The summed E-state index contributed by atoms with van der Waals surface area (Å²) in [6.07, 6.45) is 4.57. The summed E-state index contributed by atoms with van der Waals surface area (Å²) in [5.74, 6) is -0.219. The third-order valence-electron chi connectivity index (χ3n) is 4.52. The predicted molar refractivity (Wildman–Crippen MR) is 94.9 cm³/mol. The summed E-state index contributed by atoms with van der Waals surface area (Å²) in [6.45, 7) is 4.94. The highest BCUT2D eigenvalue weighted by Crippen LogP contribution is 2.16. The minimum atomic E-state index is -0.219. The first-order valence-corrected chi connectivity index (χ1v) is 8.66. The molecule has 3 rings (SSSR count). The lowest BCUT2D eigenvalue weighted by Crippen LogP contribution is -2.35. The molecule has 1 saturated heterocycles. The summed E-state index contributed by atoms with van der Waals surface area (Å²) in [6, 6.07) is 8.13. The molecule has 1 aromatic carbocycles. The highest BCUT2D eigenvalue weighted by molar-refractivity contribution is 5.91. The molecule has 1 aromatic heterocycles. The Morgan fingerprint density at radius 2 is 1.92 bits per heavy atom. The number of nitrogens with zero attached hydrogens (tertiary/aromatic N) is 3. The minimum absolute atomic E-state index is 0.165. The molecule has 1 amide bonds. The molecular formula is C19H24N4O2. The van der Waals surface area contributed by atoms with Gasteiger partial charge in [-0.2, -0.15) is 0 Å². The van der Waals surface area contributed by atoms with Crippen LogP contribution >= 0.6 is 0 Å². The van der Waals surface area contributed by atoms with Crippen LogP contribution in [0.25, 0.3) is 0 Å². The number of piperidine rings is 1. The van der Waals surface area contributed by atoms with Crippen molar-refractivity contribution >= 4 is 5.91 Å². The Hall–Kier alpha value is -2.31. The van der Waals surface area contributed by atoms with Crippen molar-refractivity contribution < 1.29 is 9.90 Å². The van der Waals surface area contributed by atoms with Gasteiger partial charge in [-0.25, -0.2) is 4.98 Å². The summed E-state index contributed by atoms with van der Waals surface area (Å²) in [5.41, 5.74) is 3.41. The predicted octanol–water partition coefficient (Wildman–Crippen LogP) is 1.67. The van der Waals surface area contributed by atoms with Gasteiger partial charge >= 0.3 is 0 Å². The first kappa shape index (κ1) is 17.5. The van der Waals surface area contributed by atoms with Crippen LogP contribution in [0.15, 0.2) is 36.7 Å². The summed E-state index contributed by atoms with van der Waals surface area (Å²) in [7, 11) is 0. The Kier molecular flexibility index (Phi) is 5.73. The lowest BCUT2D eigenvalue weighted by atomic mass is 10.0. The van der Waals surface area contributed by atoms with Crippen LogP contribution in [0, 0.1) is 6.92 Å². The van der Waals surface area contributed by atoms with E-state index in [0.29, 0.717) is 12.2 Å². The Bertz CT molecular complexity index is 710. The highest BCUT2D eigenvalue weighted by Gasteiger charge is 2.18. The average molecular weight is 340 g/mol. The number of aromatic nitrogens is 2. The van der Waals surface area contributed by atoms with Gasteiger partial charge < -0.3 is 10.4 Å². The zero-order chi connectivity index (χ0) is 17.6. The second-order valence-corrected chi connectivity index (χ2v) is 6.50. The Labute approximate surface area is 147 Å². The second-order valence-electron chi connectivity index (χ2n) is 6.50. The number of hydrogen-bond donors (Lipinski definition) is 2. The fraction of sp³-hybridized carbons (Fsp3) is 0.421. The van der Waals surface area contributed by atoms with Crippen LogP contribution in [0.5, 0.6) is 0 Å². The molecule has 6 heteroatoms. The van der Waals surface area contributed by atoms with Crippen LogP contribution in [0.2, 0.25) is 0 Å². The number of aliphatic hydroxyl groups is 1. The number of hydrogen-bond acceptors (Lipinski definition) is 5. The maximum absolute atomic E-state index is 12.2. The van der Waals surface area contributed by atoms with Crippen molar-refractivity contribution in [2.45, 2.75) is 39.0 Å². The molecule has 25 heavy (non-hydrogen) atoms. The van der Waals surface area contributed by atoms with Crippen LogP contribution in [0.3, 0.4) is 0 Å². The number of carbonyl (C=O) groups excluding carboxylic acids is 1. The minimum Gasteiger partial charge on any atom is -0.393 e. The molecule has 2 aromatic rings. The first-order valence-electron chi connectivity index (χ1n) is 8.66. The monoisotopic (exact) mass is 340 g/mol. The number of amides is 1. The SMILES string of the molecule is Cc1cnc(C(=O)NCc2ccccc2CN2CCC(O)CC2)cn1. The van der Waals surface area contributed by atoms with E-state index in [-0.39, 0.29) is 12.0 Å². The molecule has 0 atom stereocenters. The largest absolute Gasteiger partial charge is 0.393 e. The van der Waals surface area contributed by atoms with Gasteiger partial charge in [0.25, 0.3) is 5.91 Å². The average Bonchev–Trinajstić information content (AvgIpc) is 2.63. The van der Waals surface area contributed by atoms with Crippen molar-refractivity contribution in [1.82, 2.24) is 20.2 Å². The number of benzene rings is 1. The van der Waals surface area contributed by atoms with Crippen LogP contribution in [0.4, 0.5) is 0 Å². The van der Waals surface area contributed by atoms with Gasteiger partial charge in [-0.3, -0.25) is 14.7 Å². The molecule has 1 aliphatic rings. The quantitative estimate of drug-likeness (QED) is 0.866. The van der Waals surface area contributed by atoms with Crippen LogP contribution in [-0.4, -0.2) is 45.1 Å². The van der Waals surface area contributed by atoms with Crippen molar-refractivity contribution in [2.24, 2.45) is 0 Å². The van der Waals surface area contributed by atoms with Crippen molar-refractivity contribution in [3.05, 3.63) is 59.2 Å². The lowest BCUT2D eigenvalue weighted by Gasteiger charge is -2.30. The van der Waals surface area contributed by atoms with Crippen molar-refractivity contribution in [2.75, 3.05) is 13.1 Å². The molecule has 0 spiro atoms. The van der Waals surface area contributed by atoms with E-state index in [9.17, 15) is 9.90 Å². The fourth-order valence-corrected chi connectivity index (χ4v) is 2.98. The molecule has 0 aliphatic carbocycles. The molecule has 6 nitrogen and oxygen atoms in total. The first-order chi connectivity index (χ1) is 12.1. The number of carbonyl (C=O) groups is 1. The lowest BCUT2D eigenvalue weighted by molar-refractivity contribution is 0.0790. The van der Waals surface area contributed by atoms with Crippen molar-refractivity contribution in [3.8, 4) is 0 Å². The summed E-state index contributed by atoms with van der Waals surface area (Å²) in [4.78, 5) is 22.8. The van der Waals surface area contributed by atoms with E-state index in [2.05, 4.69) is 26.3 Å². The molecule has 0 bridgehead atoms. The Morgan fingerprint density at radius 3 is 2.60 bits per heavy atom. The molecule has 0 saturated carbocycles. The maximum atomic E-state index is 12.2. The number of aryl methyl sites for hydroxylation is 1. The smallest absolute Gasteiger partial charge is 0.271 e. The number of likely N-dealkylation sites (tertiary alicyclic amines) is 1. The summed E-state index contributed by atoms with van der Waals surface area (Å²) >= 11 is 0. The molecule has 2 N–H and O–H groups in total. The number of aliphatic hydroxyl groups excluding tert-OH is 1. The van der Waals surface area contributed by atoms with Gasteiger partial charge in [-0.15, -0.1) is 0 Å². The summed E-state index contributed by atoms with van der Waals surface area (Å²) in [5, 5.41) is 12.6. The molecule has 1 fully saturated rings. The number of rotatable bonds is 5. The zero-order valence-electron chi connectivity index (χ0n) is 14.5. The summed E-state index contributed by atoms with van der Waals surface area (Å²) < 4.78 is 0. The van der Waals surface area contributed by atoms with E-state index >= 15 is 0 Å². The zero-order valence-corrected chi connectivity index (χ0v) is 14.5. The van der Waals surface area contributed by atoms with Gasteiger partial charge in [-0.05, 0) is 30.9 Å². The van der Waals surface area contributed by atoms with Crippen molar-refractivity contribution in [1.29, 1.82) is 0 Å². The normalized spacial score (nSPS) is 15.9. The van der Waals surface area contributed by atoms with Gasteiger partial charge in [0.2, 0.25) is 0 Å². The van der Waals surface area contributed by atoms with Gasteiger partial charge in [0.05, 0.1) is 18.0 Å². The molecule has 0 radical (unpaired) electrons. The molecule has 2 heterocycles. The molecular weight excluding hydrogens is 316 g/mol. The molecule has 1 aliphatic heterocycles. The molecule has 132 valence electrons. The standard InChI is InChI=1S/C19H24N4O2/c1-14-10-21-18(12-20-14)19(25)22-11-15-4-2-3-5-16(15)13-23-8-6-17(24)7-9-23/h2-5,10,12,17,24H,6-9,11,13H2,1H3,(H,22,25). The van der Waals surface area contributed by atoms with Crippen molar-refractivity contribution in [3.63, 3.8) is 0 Å². The third-order valence-corrected chi connectivity index (χ3v) is 4.52. The van der Waals surface area contributed by atoms with Crippen LogP contribution < -0.4 is 5.32 Å². The van der Waals surface area contributed by atoms with E-state index in [1.807, 2.05) is 25.1 Å². The van der Waals surface area contributed by atoms with Gasteiger partial charge in [0.1, 0.15) is 5.69 Å². The third kappa shape index (κ3) is 4.84. The van der Waals surface area contributed by atoms with E-state index in [1.165, 1.54) is 11.8 Å². The number of nitrogens with one attached hydrogen (secondary N) is 1. The van der Waals surface area contributed by atoms with E-state index in [4.69, 9.17) is 0 Å². The van der Waals surface area contributed by atoms with Crippen LogP contribution in [-0.2, 0) is 13.1 Å². The highest BCUT2D eigenvalue weighted by atomic mass is 16.3. The maximum Gasteiger partial charge on any atom is 0.271 e.